The number of aryl methyl sites for hydroxylation is 2. The van der Waals surface area contributed by atoms with Gasteiger partial charge in [-0.15, -0.1) is 0 Å². The Labute approximate surface area is 205 Å². The van der Waals surface area contributed by atoms with Crippen molar-refractivity contribution in [2.24, 2.45) is 0 Å². The zero-order chi connectivity index (χ0) is 24.2. The molecule has 2 N–H and O–H groups in total. The summed E-state index contributed by atoms with van der Waals surface area (Å²) in [5.41, 5.74) is 3.00. The Balaban J connectivity index is 1.28. The molecule has 0 radical (unpaired) electrons. The van der Waals surface area contributed by atoms with Gasteiger partial charge in [0.1, 0.15) is 0 Å². The van der Waals surface area contributed by atoms with Gasteiger partial charge in [-0.2, -0.15) is 10.2 Å². The molecule has 0 saturated heterocycles. The average Bonchev–Trinajstić information content (AvgIpc) is 3.34. The number of aromatic nitrogens is 4. The molecule has 0 fully saturated rings. The summed E-state index contributed by atoms with van der Waals surface area (Å²) in [5.74, 6) is -0.841. The van der Waals surface area contributed by atoms with Crippen LogP contribution in [0.2, 0.25) is 5.02 Å². The summed E-state index contributed by atoms with van der Waals surface area (Å²) < 4.78 is 5.37. The number of benzene rings is 3. The number of H-pyrrole nitrogens is 2. The molecule has 8 heteroatoms. The molecule has 5 aromatic rings. The predicted molar refractivity (Wildman–Crippen MR) is 134 cm³/mol. The van der Waals surface area contributed by atoms with Crippen LogP contribution in [0.3, 0.4) is 0 Å². The first-order valence-electron chi connectivity index (χ1n) is 11.1. The van der Waals surface area contributed by atoms with Gasteiger partial charge in [-0.25, -0.2) is 9.89 Å². The maximum atomic E-state index is 12.6. The van der Waals surface area contributed by atoms with Crippen molar-refractivity contribution in [3.63, 3.8) is 0 Å². The number of aromatic amines is 2. The van der Waals surface area contributed by atoms with Crippen molar-refractivity contribution in [2.45, 2.75) is 19.3 Å². The second-order valence-corrected chi connectivity index (χ2v) is 8.60. The van der Waals surface area contributed by atoms with Gasteiger partial charge in [0.05, 0.1) is 5.69 Å². The summed E-state index contributed by atoms with van der Waals surface area (Å²) in [6, 6.07) is 24.8. The third kappa shape index (κ3) is 5.31. The zero-order valence-electron chi connectivity index (χ0n) is 18.6. The Morgan fingerprint density at radius 2 is 1.71 bits per heavy atom. The summed E-state index contributed by atoms with van der Waals surface area (Å²) in [6.07, 6.45) is 1.85. The lowest BCUT2D eigenvalue weighted by molar-refractivity contribution is 0.0725. The largest absolute Gasteiger partial charge is 0.416 e. The maximum absolute atomic E-state index is 12.6. The Bertz CT molecular complexity index is 1570. The van der Waals surface area contributed by atoms with Gasteiger partial charge in [0.25, 0.3) is 0 Å². The molecule has 0 amide bonds. The van der Waals surface area contributed by atoms with Gasteiger partial charge in [-0.3, -0.25) is 9.89 Å². The number of nitrogens with zero attached hydrogens (tertiary/aromatic N) is 2. The fraction of sp³-hybridized carbons (Fsp3) is 0.111. The summed E-state index contributed by atoms with van der Waals surface area (Å²) in [5, 5.41) is 16.3. The van der Waals surface area contributed by atoms with E-state index in [9.17, 15) is 9.59 Å². The van der Waals surface area contributed by atoms with E-state index >= 15 is 0 Å². The van der Waals surface area contributed by atoms with Crippen LogP contribution in [-0.4, -0.2) is 26.4 Å². The second-order valence-electron chi connectivity index (χ2n) is 8.17. The Morgan fingerprint density at radius 3 is 2.60 bits per heavy atom. The van der Waals surface area contributed by atoms with Crippen molar-refractivity contribution in [1.82, 2.24) is 20.4 Å². The van der Waals surface area contributed by atoms with Gasteiger partial charge in [-0.05, 0) is 52.9 Å². The molecule has 7 nitrogen and oxygen atoms in total. The summed E-state index contributed by atoms with van der Waals surface area (Å²) >= 11 is 6.03. The molecule has 2 aromatic heterocycles. The molecule has 2 heterocycles. The number of halogens is 1. The molecule has 0 saturated carbocycles. The lowest BCUT2D eigenvalue weighted by Crippen LogP contribution is -2.18. The second kappa shape index (κ2) is 9.95. The van der Waals surface area contributed by atoms with Crippen molar-refractivity contribution in [2.75, 3.05) is 0 Å². The fourth-order valence-corrected chi connectivity index (χ4v) is 4.17. The first-order chi connectivity index (χ1) is 17.0. The van der Waals surface area contributed by atoms with Crippen molar-refractivity contribution < 1.29 is 9.53 Å². The Kier molecular flexibility index (Phi) is 6.41. The first kappa shape index (κ1) is 22.6. The molecule has 174 valence electrons. The number of rotatable bonds is 7. The van der Waals surface area contributed by atoms with Crippen molar-refractivity contribution in [1.29, 1.82) is 0 Å². The van der Waals surface area contributed by atoms with Gasteiger partial charge < -0.3 is 4.74 Å². The zero-order valence-corrected chi connectivity index (χ0v) is 19.4. The van der Waals surface area contributed by atoms with Crippen LogP contribution in [0.15, 0.2) is 83.7 Å². The van der Waals surface area contributed by atoms with Crippen LogP contribution < -0.4 is 10.3 Å². The van der Waals surface area contributed by atoms with Crippen LogP contribution in [0.25, 0.3) is 10.8 Å². The number of fused-ring (bicyclic) bond motifs is 1. The summed E-state index contributed by atoms with van der Waals surface area (Å²) in [6.45, 7) is 0. The number of carbonyl (C=O) groups is 1. The summed E-state index contributed by atoms with van der Waals surface area (Å²) in [4.78, 5) is 24.9. The van der Waals surface area contributed by atoms with E-state index in [0.29, 0.717) is 23.6 Å². The fourth-order valence-electron chi connectivity index (χ4n) is 3.95. The lowest BCUT2D eigenvalue weighted by atomic mass is 10.0. The molecule has 0 aliphatic carbocycles. The number of carbonyl (C=O) groups excluding carboxylic acids is 1. The number of esters is 1. The molecule has 5 rings (SSSR count). The lowest BCUT2D eigenvalue weighted by Gasteiger charge is -2.07. The van der Waals surface area contributed by atoms with Gasteiger partial charge in [-0.1, -0.05) is 66.2 Å². The van der Waals surface area contributed by atoms with Gasteiger partial charge in [0, 0.05) is 23.2 Å². The number of hydrogen-bond donors (Lipinski definition) is 2. The molecule has 3 aromatic carbocycles. The van der Waals surface area contributed by atoms with E-state index in [-0.39, 0.29) is 11.4 Å². The Hall–Kier alpha value is -4.23. The van der Waals surface area contributed by atoms with Crippen LogP contribution >= 0.6 is 11.6 Å². The highest BCUT2D eigenvalue weighted by molar-refractivity contribution is 6.30. The minimum atomic E-state index is -0.719. The summed E-state index contributed by atoms with van der Waals surface area (Å²) in [7, 11) is 0. The normalized spacial score (nSPS) is 11.0. The third-order valence-corrected chi connectivity index (χ3v) is 5.92. The standard InChI is InChI=1S/C27H21ClN4O3/c28-20-9-3-5-17(13-20)11-12-21-15-24(31-29-21)27(34)35-25-16-22(30-32-26(25)33)14-19-8-4-7-18-6-1-2-10-23(18)19/h1-10,13,15-16H,11-12,14H2,(H,29,31)(H,32,33). The SMILES string of the molecule is O=C(Oc1cc(Cc2cccc3ccccc23)n[nH]c1=O)c1cc(CCc2cccc(Cl)c2)[nH]n1. The monoisotopic (exact) mass is 484 g/mol. The maximum Gasteiger partial charge on any atom is 0.364 e. The molecule has 0 spiro atoms. The van der Waals surface area contributed by atoms with Crippen molar-refractivity contribution in [3.8, 4) is 5.75 Å². The van der Waals surface area contributed by atoms with Gasteiger partial charge >= 0.3 is 11.5 Å². The highest BCUT2D eigenvalue weighted by Gasteiger charge is 2.16. The predicted octanol–water partition coefficient (Wildman–Crippen LogP) is 4.89. The molecule has 35 heavy (non-hydrogen) atoms. The average molecular weight is 485 g/mol. The minimum Gasteiger partial charge on any atom is -0.416 e. The van der Waals surface area contributed by atoms with Crippen molar-refractivity contribution >= 4 is 28.3 Å². The highest BCUT2D eigenvalue weighted by atomic mass is 35.5. The molecule has 0 bridgehead atoms. The van der Waals surface area contributed by atoms with Crippen LogP contribution in [0.5, 0.6) is 5.75 Å². The van der Waals surface area contributed by atoms with E-state index in [1.54, 1.807) is 6.07 Å². The minimum absolute atomic E-state index is 0.0953. The van der Waals surface area contributed by atoms with E-state index in [1.807, 2.05) is 66.7 Å². The third-order valence-electron chi connectivity index (χ3n) is 5.69. The molecular formula is C27H21ClN4O3. The smallest absolute Gasteiger partial charge is 0.364 e. The molecule has 0 aliphatic rings. The molecular weight excluding hydrogens is 464 g/mol. The van der Waals surface area contributed by atoms with Crippen molar-refractivity contribution in [3.05, 3.63) is 122 Å². The van der Waals surface area contributed by atoms with E-state index in [4.69, 9.17) is 16.3 Å². The first-order valence-corrected chi connectivity index (χ1v) is 11.5. The van der Waals surface area contributed by atoms with Crippen LogP contribution in [-0.2, 0) is 19.3 Å². The number of hydrogen-bond acceptors (Lipinski definition) is 5. The van der Waals surface area contributed by atoms with E-state index in [0.717, 1.165) is 34.0 Å². The topological polar surface area (TPSA) is 101 Å². The number of ether oxygens (including phenoxy) is 1. The van der Waals surface area contributed by atoms with Gasteiger partial charge in [0.15, 0.2) is 11.4 Å². The number of nitrogens with one attached hydrogen (secondary N) is 2. The Morgan fingerprint density at radius 1 is 0.886 bits per heavy atom. The highest BCUT2D eigenvalue weighted by Crippen LogP contribution is 2.21. The van der Waals surface area contributed by atoms with E-state index in [2.05, 4.69) is 20.4 Å². The molecule has 0 unspecified atom stereocenters. The van der Waals surface area contributed by atoms with Gasteiger partial charge in [0.2, 0.25) is 0 Å². The van der Waals surface area contributed by atoms with Crippen LogP contribution in [0, 0.1) is 0 Å². The molecule has 0 atom stereocenters. The van der Waals surface area contributed by atoms with Crippen LogP contribution in [0.4, 0.5) is 0 Å². The molecule has 0 aliphatic heterocycles. The van der Waals surface area contributed by atoms with E-state index < -0.39 is 11.5 Å². The van der Waals surface area contributed by atoms with E-state index in [1.165, 1.54) is 6.07 Å². The van der Waals surface area contributed by atoms with Crippen LogP contribution in [0.1, 0.15) is 33.0 Å². The quantitative estimate of drug-likeness (QED) is 0.320.